The number of amides is 1. The Kier molecular flexibility index (Phi) is 6.94. The molecule has 4 rings (SSSR count). The second-order valence-electron chi connectivity index (χ2n) is 8.09. The van der Waals surface area contributed by atoms with E-state index in [2.05, 4.69) is 4.18 Å². The Balaban J connectivity index is 2.01. The summed E-state index contributed by atoms with van der Waals surface area (Å²) in [6.45, 7) is 0. The maximum absolute atomic E-state index is 13.7. The lowest BCUT2D eigenvalue weighted by Crippen LogP contribution is -2.45. The molecule has 0 N–H and O–H groups in total. The molecular formula is C23H16F6N2O6S2. The Labute approximate surface area is 218 Å². The average molecular weight is 595 g/mol. The highest BCUT2D eigenvalue weighted by Crippen LogP contribution is 2.49. The number of anilines is 3. The number of alkyl halides is 6. The molecule has 0 spiro atoms. The number of carbonyl (C=O) groups excluding carboxylic acids is 1. The van der Waals surface area contributed by atoms with E-state index >= 15 is 0 Å². The Bertz CT molecular complexity index is 1640. The highest BCUT2D eigenvalue weighted by atomic mass is 32.2. The van der Waals surface area contributed by atoms with Gasteiger partial charge in [0.25, 0.3) is 5.91 Å². The van der Waals surface area contributed by atoms with E-state index in [1.165, 1.54) is 48.3 Å². The molecule has 0 aromatic heterocycles. The van der Waals surface area contributed by atoms with Crippen LogP contribution < -0.4 is 9.21 Å². The van der Waals surface area contributed by atoms with E-state index in [-0.39, 0.29) is 16.9 Å². The molecule has 0 saturated heterocycles. The molecule has 1 amide bonds. The minimum Gasteiger partial charge on any atom is -0.344 e. The van der Waals surface area contributed by atoms with Crippen LogP contribution in [0.3, 0.4) is 0 Å². The summed E-state index contributed by atoms with van der Waals surface area (Å²) in [7, 11) is -11.3. The predicted octanol–water partition coefficient (Wildman–Crippen LogP) is 5.22. The van der Waals surface area contributed by atoms with Gasteiger partial charge in [0.2, 0.25) is 0 Å². The van der Waals surface area contributed by atoms with Gasteiger partial charge in [-0.3, -0.25) is 4.79 Å². The number of hydrogen-bond acceptors (Lipinski definition) is 7. The summed E-state index contributed by atoms with van der Waals surface area (Å²) in [5, 5.41) is 0. The van der Waals surface area contributed by atoms with Crippen molar-refractivity contribution in [2.45, 2.75) is 17.1 Å². The molecule has 39 heavy (non-hydrogen) atoms. The molecule has 1 heterocycles. The molecule has 0 aliphatic carbocycles. The largest absolute Gasteiger partial charge is 0.523 e. The first-order valence-corrected chi connectivity index (χ1v) is 13.5. The molecule has 208 valence electrons. The fourth-order valence-electron chi connectivity index (χ4n) is 4.03. The first-order valence-electron chi connectivity index (χ1n) is 10.6. The number of fused-ring (bicyclic) bond motifs is 2. The molecule has 16 heteroatoms. The van der Waals surface area contributed by atoms with Gasteiger partial charge in [0.1, 0.15) is 6.10 Å². The fourth-order valence-corrected chi connectivity index (χ4v) is 5.52. The number of halogens is 6. The summed E-state index contributed by atoms with van der Waals surface area (Å²) in [4.78, 5) is 15.0. The SMILES string of the molecule is CN1c2ccccc2C(OS(=O)(=O)C(F)(F)F)c2c(C(=O)N(c3ccccc3)S(=O)(=O)C(F)(F)F)cccc21. The van der Waals surface area contributed by atoms with Crippen LogP contribution in [0.15, 0.2) is 72.8 Å². The van der Waals surface area contributed by atoms with Crippen molar-refractivity contribution in [2.75, 3.05) is 16.3 Å². The van der Waals surface area contributed by atoms with Crippen molar-refractivity contribution in [1.29, 1.82) is 0 Å². The Morgan fingerprint density at radius 2 is 1.36 bits per heavy atom. The van der Waals surface area contributed by atoms with Crippen LogP contribution in [0.5, 0.6) is 0 Å². The van der Waals surface area contributed by atoms with Crippen LogP contribution in [-0.4, -0.2) is 40.8 Å². The normalized spacial score (nSPS) is 15.9. The predicted molar refractivity (Wildman–Crippen MR) is 127 cm³/mol. The Morgan fingerprint density at radius 1 is 0.795 bits per heavy atom. The van der Waals surface area contributed by atoms with Gasteiger partial charge < -0.3 is 4.90 Å². The molecule has 0 saturated carbocycles. The number of sulfonamides is 1. The highest BCUT2D eigenvalue weighted by molar-refractivity contribution is 7.94. The molecule has 1 aliphatic heterocycles. The molecule has 0 bridgehead atoms. The van der Waals surface area contributed by atoms with Gasteiger partial charge in [-0.05, 0) is 30.3 Å². The zero-order valence-corrected chi connectivity index (χ0v) is 21.1. The van der Waals surface area contributed by atoms with Crippen molar-refractivity contribution in [1.82, 2.24) is 0 Å². The highest BCUT2D eigenvalue weighted by Gasteiger charge is 2.54. The van der Waals surface area contributed by atoms with E-state index in [1.54, 1.807) is 0 Å². The van der Waals surface area contributed by atoms with Crippen molar-refractivity contribution in [3.63, 3.8) is 0 Å². The molecule has 1 atom stereocenters. The molecule has 3 aromatic carbocycles. The van der Waals surface area contributed by atoms with Gasteiger partial charge in [-0.25, -0.2) is 4.18 Å². The van der Waals surface area contributed by atoms with Crippen LogP contribution in [0.25, 0.3) is 0 Å². The van der Waals surface area contributed by atoms with E-state index < -0.39 is 64.3 Å². The third-order valence-electron chi connectivity index (χ3n) is 5.73. The van der Waals surface area contributed by atoms with Crippen molar-refractivity contribution >= 4 is 43.1 Å². The van der Waals surface area contributed by atoms with Gasteiger partial charge in [-0.2, -0.15) is 47.5 Å². The van der Waals surface area contributed by atoms with Crippen LogP contribution in [0.1, 0.15) is 27.6 Å². The quantitative estimate of drug-likeness (QED) is 0.227. The van der Waals surface area contributed by atoms with Gasteiger partial charge in [0.05, 0.1) is 5.69 Å². The zero-order valence-electron chi connectivity index (χ0n) is 19.4. The van der Waals surface area contributed by atoms with Gasteiger partial charge in [0, 0.05) is 35.1 Å². The molecule has 0 radical (unpaired) electrons. The van der Waals surface area contributed by atoms with Gasteiger partial charge in [0.15, 0.2) is 0 Å². The fraction of sp³-hybridized carbons (Fsp3) is 0.174. The molecule has 1 aliphatic rings. The zero-order chi connectivity index (χ0) is 29.0. The van der Waals surface area contributed by atoms with Crippen LogP contribution >= 0.6 is 0 Å². The van der Waals surface area contributed by atoms with E-state index in [9.17, 15) is 48.0 Å². The molecule has 1 unspecified atom stereocenters. The second-order valence-corrected chi connectivity index (χ2v) is 11.4. The second kappa shape index (κ2) is 9.53. The molecular weight excluding hydrogens is 578 g/mol. The molecule has 3 aromatic rings. The summed E-state index contributed by atoms with van der Waals surface area (Å²) in [5.41, 5.74) is -14.1. The first-order chi connectivity index (χ1) is 18.0. The van der Waals surface area contributed by atoms with Crippen molar-refractivity contribution in [3.8, 4) is 0 Å². The lowest BCUT2D eigenvalue weighted by Gasteiger charge is -2.36. The number of rotatable bonds is 5. The van der Waals surface area contributed by atoms with E-state index in [0.717, 1.165) is 36.4 Å². The molecule has 8 nitrogen and oxygen atoms in total. The number of benzene rings is 3. The van der Waals surface area contributed by atoms with Crippen molar-refractivity contribution < 1.29 is 52.2 Å². The third-order valence-corrected chi connectivity index (χ3v) is 8.19. The first kappa shape index (κ1) is 28.4. The van der Waals surface area contributed by atoms with Crippen molar-refractivity contribution in [3.05, 3.63) is 89.5 Å². The summed E-state index contributed by atoms with van der Waals surface area (Å²) in [5.74, 6) is -1.80. The van der Waals surface area contributed by atoms with Crippen LogP contribution in [0.4, 0.5) is 43.4 Å². The van der Waals surface area contributed by atoms with E-state index in [1.807, 2.05) is 0 Å². The number of hydrogen-bond donors (Lipinski definition) is 0. The lowest BCUT2D eigenvalue weighted by atomic mass is 9.89. The standard InChI is InChI=1S/C23H16F6N2O6S2/c1-30-17-12-6-5-10-15(17)20(37-39(35,36)23(27,28)29)19-16(11-7-13-18(19)30)21(32)31(14-8-3-2-4-9-14)38(33,34)22(24,25)26/h2-13,20H,1H3. The van der Waals surface area contributed by atoms with Crippen LogP contribution in [0, 0.1) is 0 Å². The van der Waals surface area contributed by atoms with E-state index in [0.29, 0.717) is 0 Å². The van der Waals surface area contributed by atoms with Crippen LogP contribution in [-0.2, 0) is 24.3 Å². The summed E-state index contributed by atoms with van der Waals surface area (Å²) in [6.07, 6.45) is -2.18. The molecule has 0 fully saturated rings. The maximum atomic E-state index is 13.7. The number of nitrogens with zero attached hydrogens (tertiary/aromatic N) is 2. The minimum absolute atomic E-state index is 0.112. The van der Waals surface area contributed by atoms with Gasteiger partial charge in [-0.1, -0.05) is 42.5 Å². The van der Waals surface area contributed by atoms with Gasteiger partial charge >= 0.3 is 31.2 Å². The topological polar surface area (TPSA) is 101 Å². The summed E-state index contributed by atoms with van der Waals surface area (Å²) < 4.78 is 134. The third kappa shape index (κ3) is 4.83. The van der Waals surface area contributed by atoms with E-state index in [4.69, 9.17) is 0 Å². The smallest absolute Gasteiger partial charge is 0.344 e. The monoisotopic (exact) mass is 594 g/mol. The lowest BCUT2D eigenvalue weighted by molar-refractivity contribution is -0.0563. The van der Waals surface area contributed by atoms with Crippen LogP contribution in [0.2, 0.25) is 0 Å². The average Bonchev–Trinajstić information content (AvgIpc) is 2.85. The number of para-hydroxylation sites is 2. The Morgan fingerprint density at radius 3 is 1.95 bits per heavy atom. The summed E-state index contributed by atoms with van der Waals surface area (Å²) in [6, 6.07) is 14.2. The van der Waals surface area contributed by atoms with Crippen molar-refractivity contribution in [2.24, 2.45) is 0 Å². The Hall–Kier alpha value is -3.63. The number of carbonyl (C=O) groups is 1. The summed E-state index contributed by atoms with van der Waals surface area (Å²) >= 11 is 0. The van der Waals surface area contributed by atoms with Gasteiger partial charge in [-0.15, -0.1) is 0 Å². The maximum Gasteiger partial charge on any atom is 0.523 e. The minimum atomic E-state index is -6.38.